The zero-order chi connectivity index (χ0) is 9.19. The van der Waals surface area contributed by atoms with Crippen LogP contribution >= 0.6 is 12.6 Å². The van der Waals surface area contributed by atoms with Crippen molar-refractivity contribution in [2.45, 2.75) is 40.0 Å². The zero-order valence-corrected chi connectivity index (χ0v) is 9.12. The van der Waals surface area contributed by atoms with Crippen molar-refractivity contribution in [3.63, 3.8) is 0 Å². The number of thiol groups is 1. The Bertz CT molecular complexity index is 221. The van der Waals surface area contributed by atoms with E-state index in [1.54, 1.807) is 0 Å². The van der Waals surface area contributed by atoms with Crippen LogP contribution in [0.25, 0.3) is 0 Å². The summed E-state index contributed by atoms with van der Waals surface area (Å²) in [5.74, 6) is 0. The van der Waals surface area contributed by atoms with Crippen LogP contribution in [0.1, 0.15) is 40.0 Å². The lowest BCUT2D eigenvalue weighted by atomic mass is 9.73. The molecular weight excluding hydrogens is 164 g/mol. The molecule has 0 atom stereocenters. The Kier molecular flexibility index (Phi) is 3.05. The minimum Gasteiger partial charge on any atom is -0.151 e. The molecule has 0 radical (unpaired) electrons. The molecule has 0 heterocycles. The predicted octanol–water partition coefficient (Wildman–Crippen LogP) is 3.96. The maximum Gasteiger partial charge on any atom is -0.0104 e. The van der Waals surface area contributed by atoms with E-state index >= 15 is 0 Å². The molecule has 0 aliphatic heterocycles. The predicted molar refractivity (Wildman–Crippen MR) is 58.5 cm³/mol. The average molecular weight is 182 g/mol. The topological polar surface area (TPSA) is 0 Å². The van der Waals surface area contributed by atoms with E-state index < -0.39 is 0 Å². The number of rotatable bonds is 1. The van der Waals surface area contributed by atoms with E-state index in [4.69, 9.17) is 0 Å². The largest absolute Gasteiger partial charge is 0.151 e. The van der Waals surface area contributed by atoms with Crippen molar-refractivity contribution in [3.8, 4) is 0 Å². The van der Waals surface area contributed by atoms with Gasteiger partial charge in [0.15, 0.2) is 0 Å². The normalized spacial score (nSPS) is 23.7. The fourth-order valence-corrected chi connectivity index (χ4v) is 2.23. The van der Waals surface area contributed by atoms with Crippen LogP contribution < -0.4 is 0 Å². The molecule has 1 heteroatoms. The summed E-state index contributed by atoms with van der Waals surface area (Å²) in [4.78, 5) is 0. The molecular formula is C11H18S. The van der Waals surface area contributed by atoms with Crippen molar-refractivity contribution in [3.05, 3.63) is 22.6 Å². The quantitative estimate of drug-likeness (QED) is 0.583. The highest BCUT2D eigenvalue weighted by Crippen LogP contribution is 2.40. The van der Waals surface area contributed by atoms with Gasteiger partial charge < -0.3 is 0 Å². The van der Waals surface area contributed by atoms with Crippen molar-refractivity contribution in [2.24, 2.45) is 5.41 Å². The minimum absolute atomic E-state index is 0.363. The Labute approximate surface area is 81.2 Å². The zero-order valence-electron chi connectivity index (χ0n) is 8.22. The third kappa shape index (κ3) is 1.95. The van der Waals surface area contributed by atoms with Crippen LogP contribution in [0.15, 0.2) is 22.6 Å². The molecule has 0 fully saturated rings. The standard InChI is InChI=1S/C11H18S/c1-9-5-4-7-11(2,3)10(9)6-8-12/h6,8,12H,4-5,7H2,1-3H3/b8-6+. The van der Waals surface area contributed by atoms with Gasteiger partial charge in [0.25, 0.3) is 0 Å². The first-order valence-electron chi connectivity index (χ1n) is 4.59. The van der Waals surface area contributed by atoms with Gasteiger partial charge >= 0.3 is 0 Å². The van der Waals surface area contributed by atoms with Crippen LogP contribution in [0.2, 0.25) is 0 Å². The maximum absolute atomic E-state index is 4.13. The highest BCUT2D eigenvalue weighted by molar-refractivity contribution is 7.83. The Morgan fingerprint density at radius 3 is 2.58 bits per heavy atom. The van der Waals surface area contributed by atoms with Gasteiger partial charge in [0.05, 0.1) is 0 Å². The van der Waals surface area contributed by atoms with Gasteiger partial charge in [-0.15, -0.1) is 0 Å². The molecule has 0 spiro atoms. The fraction of sp³-hybridized carbons (Fsp3) is 0.636. The third-order valence-corrected chi connectivity index (χ3v) is 2.93. The average Bonchev–Trinajstić information content (AvgIpc) is 1.97. The van der Waals surface area contributed by atoms with E-state index in [2.05, 4.69) is 39.5 Å². The molecule has 1 aliphatic rings. The molecule has 0 aromatic rings. The lowest BCUT2D eigenvalue weighted by Gasteiger charge is -2.32. The molecule has 1 aliphatic carbocycles. The highest BCUT2D eigenvalue weighted by atomic mass is 32.1. The van der Waals surface area contributed by atoms with E-state index in [1.807, 2.05) is 5.41 Å². The first-order valence-corrected chi connectivity index (χ1v) is 5.10. The highest BCUT2D eigenvalue weighted by Gasteiger charge is 2.26. The molecule has 0 amide bonds. The van der Waals surface area contributed by atoms with Crippen LogP contribution in [0.4, 0.5) is 0 Å². The summed E-state index contributed by atoms with van der Waals surface area (Å²) >= 11 is 4.13. The lowest BCUT2D eigenvalue weighted by Crippen LogP contribution is -2.18. The van der Waals surface area contributed by atoms with Gasteiger partial charge in [-0.25, -0.2) is 0 Å². The number of hydrogen-bond acceptors (Lipinski definition) is 1. The van der Waals surface area contributed by atoms with Crippen molar-refractivity contribution in [2.75, 3.05) is 0 Å². The van der Waals surface area contributed by atoms with Crippen molar-refractivity contribution in [1.82, 2.24) is 0 Å². The molecule has 1 rings (SSSR count). The molecule has 12 heavy (non-hydrogen) atoms. The smallest absolute Gasteiger partial charge is 0.0104 e. The number of allylic oxidation sites excluding steroid dienone is 3. The molecule has 0 nitrogen and oxygen atoms in total. The molecule has 0 bridgehead atoms. The summed E-state index contributed by atoms with van der Waals surface area (Å²) in [6, 6.07) is 0. The van der Waals surface area contributed by atoms with Crippen molar-refractivity contribution < 1.29 is 0 Å². The summed E-state index contributed by atoms with van der Waals surface area (Å²) in [5, 5.41) is 1.85. The van der Waals surface area contributed by atoms with Crippen LogP contribution in [-0.2, 0) is 0 Å². The van der Waals surface area contributed by atoms with Crippen molar-refractivity contribution in [1.29, 1.82) is 0 Å². The second-order valence-corrected chi connectivity index (χ2v) is 4.55. The van der Waals surface area contributed by atoms with Gasteiger partial charge in [-0.05, 0) is 42.6 Å². The summed E-state index contributed by atoms with van der Waals surface area (Å²) in [7, 11) is 0. The van der Waals surface area contributed by atoms with E-state index in [-0.39, 0.29) is 0 Å². The third-order valence-electron chi connectivity index (χ3n) is 2.78. The van der Waals surface area contributed by atoms with Crippen LogP contribution in [0, 0.1) is 5.41 Å². The number of hydrogen-bond donors (Lipinski definition) is 1. The molecule has 0 aromatic carbocycles. The van der Waals surface area contributed by atoms with Crippen LogP contribution in [0.5, 0.6) is 0 Å². The summed E-state index contributed by atoms with van der Waals surface area (Å²) in [6.07, 6.45) is 6.05. The summed E-state index contributed by atoms with van der Waals surface area (Å²) in [6.45, 7) is 6.88. The first kappa shape index (κ1) is 9.91. The van der Waals surface area contributed by atoms with Gasteiger partial charge in [-0.3, -0.25) is 0 Å². The lowest BCUT2D eigenvalue weighted by molar-refractivity contribution is 0.377. The monoisotopic (exact) mass is 182 g/mol. The van der Waals surface area contributed by atoms with Crippen LogP contribution in [-0.4, -0.2) is 0 Å². The summed E-state index contributed by atoms with van der Waals surface area (Å²) in [5.41, 5.74) is 3.39. The Balaban J connectivity index is 3.00. The van der Waals surface area contributed by atoms with Gasteiger partial charge in [-0.2, -0.15) is 12.6 Å². The molecule has 0 N–H and O–H groups in total. The molecule has 68 valence electrons. The fourth-order valence-electron chi connectivity index (χ4n) is 2.08. The Hall–Kier alpha value is -0.170. The second kappa shape index (κ2) is 3.69. The molecule has 0 unspecified atom stereocenters. The van der Waals surface area contributed by atoms with E-state index in [1.165, 1.54) is 30.4 Å². The van der Waals surface area contributed by atoms with Crippen molar-refractivity contribution >= 4 is 12.6 Å². The first-order chi connectivity index (χ1) is 5.58. The molecule has 0 aromatic heterocycles. The minimum atomic E-state index is 0.363. The van der Waals surface area contributed by atoms with E-state index in [0.717, 1.165) is 0 Å². The maximum atomic E-state index is 4.13. The van der Waals surface area contributed by atoms with E-state index in [0.29, 0.717) is 5.41 Å². The van der Waals surface area contributed by atoms with Crippen LogP contribution in [0.3, 0.4) is 0 Å². The van der Waals surface area contributed by atoms with Gasteiger partial charge in [-0.1, -0.05) is 25.5 Å². The SMILES string of the molecule is CC1=C(/C=C/S)C(C)(C)CCC1. The van der Waals surface area contributed by atoms with Gasteiger partial charge in [0, 0.05) is 0 Å². The van der Waals surface area contributed by atoms with Gasteiger partial charge in [0.1, 0.15) is 0 Å². The molecule has 0 saturated carbocycles. The van der Waals surface area contributed by atoms with Gasteiger partial charge in [0.2, 0.25) is 0 Å². The molecule has 0 saturated heterocycles. The summed E-state index contributed by atoms with van der Waals surface area (Å²) < 4.78 is 0. The Morgan fingerprint density at radius 2 is 2.08 bits per heavy atom. The second-order valence-electron chi connectivity index (χ2n) is 4.25. The van der Waals surface area contributed by atoms with E-state index in [9.17, 15) is 0 Å². The Morgan fingerprint density at radius 1 is 1.42 bits per heavy atom.